The molecule has 0 atom stereocenters. The number of benzene rings is 1. The van der Waals surface area contributed by atoms with Gasteiger partial charge in [-0.25, -0.2) is 4.98 Å². The van der Waals surface area contributed by atoms with Crippen LogP contribution in [0.25, 0.3) is 10.2 Å². The minimum atomic E-state index is 0.648. The van der Waals surface area contributed by atoms with E-state index in [0.717, 1.165) is 5.52 Å². The number of nitrogens with two attached hydrogens (primary N) is 1. The summed E-state index contributed by atoms with van der Waals surface area (Å²) in [6.07, 6.45) is 0. The molecule has 60 valence electrons. The molecule has 0 saturated heterocycles. The van der Waals surface area contributed by atoms with E-state index < -0.39 is 0 Å². The Morgan fingerprint density at radius 1 is 1.50 bits per heavy atom. The van der Waals surface area contributed by atoms with Gasteiger partial charge in [0.15, 0.2) is 5.13 Å². The van der Waals surface area contributed by atoms with Crippen molar-refractivity contribution >= 4 is 62.6 Å². The Balaban J connectivity index is 2.88. The summed E-state index contributed by atoms with van der Waals surface area (Å²) in [5.41, 5.74) is 7.89. The van der Waals surface area contributed by atoms with E-state index in [-0.39, 0.29) is 0 Å². The van der Waals surface area contributed by atoms with Gasteiger partial charge in [-0.1, -0.05) is 22.9 Å². The number of nitrogen functional groups attached to an aromatic ring is 1. The van der Waals surface area contributed by atoms with Crippen LogP contribution in [0.5, 0.6) is 0 Å². The summed E-state index contributed by atoms with van der Waals surface area (Å²) in [4.78, 5) is 4.23. The molecule has 0 aliphatic carbocycles. The number of halogens is 1. The second-order valence-electron chi connectivity index (χ2n) is 2.62. The van der Waals surface area contributed by atoms with E-state index in [1.54, 1.807) is 11.3 Å². The van der Waals surface area contributed by atoms with Gasteiger partial charge < -0.3 is 5.73 Å². The van der Waals surface area contributed by atoms with Crippen LogP contribution >= 0.6 is 33.9 Å². The Bertz CT molecular complexity index is 440. The third-order valence-corrected chi connectivity index (χ3v) is 3.32. The molecule has 2 N–H and O–H groups in total. The summed E-state index contributed by atoms with van der Waals surface area (Å²) in [6.45, 7) is 0. The molecule has 2 nitrogen and oxygen atoms in total. The molecular weight excluding hydrogens is 282 g/mol. The van der Waals surface area contributed by atoms with Crippen LogP contribution in [0.1, 0.15) is 0 Å². The number of fused-ring (bicyclic) bond motifs is 1. The topological polar surface area (TPSA) is 38.9 Å². The number of hydrogen-bond donors (Lipinski definition) is 1. The van der Waals surface area contributed by atoms with Gasteiger partial charge in [0, 0.05) is 3.57 Å². The fourth-order valence-corrected chi connectivity index (χ4v) is 2.72. The molecule has 12 heavy (non-hydrogen) atoms. The fraction of sp³-hybridized carbons (Fsp3) is 0. The van der Waals surface area contributed by atoms with Crippen molar-refractivity contribution in [3.8, 4) is 0 Å². The van der Waals surface area contributed by atoms with E-state index in [0.29, 0.717) is 5.13 Å². The summed E-state index contributed by atoms with van der Waals surface area (Å²) in [5, 5.41) is 0.648. The molecule has 0 unspecified atom stereocenters. The molecule has 1 aromatic heterocycles. The SMILES string of the molecule is Bc1cc(I)cc2nc(N)sc12. The number of nitrogens with zero attached hydrogens (tertiary/aromatic N) is 1. The first-order chi connectivity index (χ1) is 5.66. The molecule has 2 rings (SSSR count). The lowest BCUT2D eigenvalue weighted by molar-refractivity contribution is 1.49. The summed E-state index contributed by atoms with van der Waals surface area (Å²) in [6, 6.07) is 4.19. The smallest absolute Gasteiger partial charge is 0.181 e. The first-order valence-corrected chi connectivity index (χ1v) is 5.38. The zero-order chi connectivity index (χ0) is 8.72. The Hall–Kier alpha value is -0.295. The molecule has 1 heterocycles. The highest BCUT2D eigenvalue weighted by Crippen LogP contribution is 2.22. The normalized spacial score (nSPS) is 10.8. The number of rotatable bonds is 0. The average Bonchev–Trinajstić information content (AvgIpc) is 2.29. The second-order valence-corrected chi connectivity index (χ2v) is 4.90. The molecule has 0 aliphatic heterocycles. The molecule has 0 amide bonds. The standard InChI is InChI=1S/C7H6BIN2S/c8-4-1-3(9)2-5-6(4)12-7(10)11-5/h1-2H,8H2,(H2,10,11). The largest absolute Gasteiger partial charge is 0.375 e. The Morgan fingerprint density at radius 2 is 2.25 bits per heavy atom. The Kier molecular flexibility index (Phi) is 2.00. The Labute approximate surface area is 88.7 Å². The van der Waals surface area contributed by atoms with Gasteiger partial charge in [-0.15, -0.1) is 0 Å². The maximum absolute atomic E-state index is 5.61. The van der Waals surface area contributed by atoms with Crippen LogP contribution in [0.2, 0.25) is 0 Å². The highest BCUT2D eigenvalue weighted by atomic mass is 127. The van der Waals surface area contributed by atoms with Crippen LogP contribution in [0.15, 0.2) is 12.1 Å². The fourth-order valence-electron chi connectivity index (χ4n) is 1.17. The van der Waals surface area contributed by atoms with E-state index in [9.17, 15) is 0 Å². The molecule has 0 bridgehead atoms. The van der Waals surface area contributed by atoms with Crippen molar-refractivity contribution in [2.24, 2.45) is 0 Å². The van der Waals surface area contributed by atoms with Crippen molar-refractivity contribution in [3.05, 3.63) is 15.7 Å². The predicted octanol–water partition coefficient (Wildman–Crippen LogP) is 0.742. The minimum absolute atomic E-state index is 0.648. The van der Waals surface area contributed by atoms with Crippen LogP contribution in [-0.4, -0.2) is 12.8 Å². The molecule has 0 saturated carbocycles. The number of hydrogen-bond acceptors (Lipinski definition) is 3. The molecule has 0 aliphatic rings. The van der Waals surface area contributed by atoms with Gasteiger partial charge >= 0.3 is 0 Å². The van der Waals surface area contributed by atoms with Gasteiger partial charge in [-0.3, -0.25) is 0 Å². The van der Waals surface area contributed by atoms with Gasteiger partial charge in [0.05, 0.1) is 10.2 Å². The van der Waals surface area contributed by atoms with Crippen LogP contribution < -0.4 is 11.2 Å². The number of thiazole rings is 1. The molecule has 1 aromatic carbocycles. The van der Waals surface area contributed by atoms with Crippen molar-refractivity contribution < 1.29 is 0 Å². The summed E-state index contributed by atoms with van der Waals surface area (Å²) >= 11 is 3.84. The predicted molar refractivity (Wildman–Crippen MR) is 64.9 cm³/mol. The van der Waals surface area contributed by atoms with Crippen molar-refractivity contribution in [3.63, 3.8) is 0 Å². The van der Waals surface area contributed by atoms with Crippen LogP contribution in [0.3, 0.4) is 0 Å². The molecule has 0 fully saturated rings. The van der Waals surface area contributed by atoms with E-state index in [2.05, 4.69) is 47.6 Å². The maximum atomic E-state index is 5.61. The Morgan fingerprint density at radius 3 is 3.00 bits per heavy atom. The van der Waals surface area contributed by atoms with Gasteiger partial charge in [0.25, 0.3) is 0 Å². The van der Waals surface area contributed by atoms with Crippen molar-refractivity contribution in [1.29, 1.82) is 0 Å². The van der Waals surface area contributed by atoms with Crippen molar-refractivity contribution in [2.45, 2.75) is 0 Å². The summed E-state index contributed by atoms with van der Waals surface area (Å²) < 4.78 is 2.41. The average molecular weight is 288 g/mol. The first-order valence-electron chi connectivity index (χ1n) is 3.49. The maximum Gasteiger partial charge on any atom is 0.181 e. The quantitative estimate of drug-likeness (QED) is 0.573. The van der Waals surface area contributed by atoms with Gasteiger partial charge in [-0.2, -0.15) is 0 Å². The lowest BCUT2D eigenvalue weighted by Crippen LogP contribution is -2.02. The molecule has 0 spiro atoms. The van der Waals surface area contributed by atoms with Gasteiger partial charge in [0.2, 0.25) is 0 Å². The lowest BCUT2D eigenvalue weighted by atomic mass is 9.96. The lowest BCUT2D eigenvalue weighted by Gasteiger charge is -1.94. The van der Waals surface area contributed by atoms with Crippen molar-refractivity contribution in [1.82, 2.24) is 4.98 Å². The van der Waals surface area contributed by atoms with Crippen LogP contribution in [-0.2, 0) is 0 Å². The van der Waals surface area contributed by atoms with E-state index >= 15 is 0 Å². The zero-order valence-corrected chi connectivity index (χ0v) is 9.44. The first kappa shape index (κ1) is 8.31. The monoisotopic (exact) mass is 288 g/mol. The highest BCUT2D eigenvalue weighted by molar-refractivity contribution is 14.1. The van der Waals surface area contributed by atoms with Crippen LogP contribution in [0, 0.1) is 3.57 Å². The van der Waals surface area contributed by atoms with Gasteiger partial charge in [-0.05, 0) is 28.7 Å². The summed E-state index contributed by atoms with van der Waals surface area (Å²) in [7, 11) is 2.09. The molecule has 2 aromatic rings. The minimum Gasteiger partial charge on any atom is -0.375 e. The molecule has 5 heteroatoms. The third-order valence-electron chi connectivity index (χ3n) is 1.66. The number of anilines is 1. The van der Waals surface area contributed by atoms with Crippen LogP contribution in [0.4, 0.5) is 5.13 Å². The van der Waals surface area contributed by atoms with E-state index in [4.69, 9.17) is 5.73 Å². The third kappa shape index (κ3) is 1.31. The van der Waals surface area contributed by atoms with Gasteiger partial charge in [0.1, 0.15) is 7.85 Å². The van der Waals surface area contributed by atoms with E-state index in [1.165, 1.54) is 13.7 Å². The number of aromatic nitrogens is 1. The summed E-state index contributed by atoms with van der Waals surface area (Å²) in [5.74, 6) is 0. The molecular formula is C7H6BIN2S. The molecule has 0 radical (unpaired) electrons. The highest BCUT2D eigenvalue weighted by Gasteiger charge is 2.03. The van der Waals surface area contributed by atoms with E-state index in [1.807, 2.05) is 0 Å². The zero-order valence-electron chi connectivity index (χ0n) is 6.47. The second kappa shape index (κ2) is 2.88. The van der Waals surface area contributed by atoms with Crippen molar-refractivity contribution in [2.75, 3.05) is 5.73 Å².